The summed E-state index contributed by atoms with van der Waals surface area (Å²) in [6.45, 7) is 3.64. The summed E-state index contributed by atoms with van der Waals surface area (Å²) in [5.74, 6) is -2.20. The van der Waals surface area contributed by atoms with Gasteiger partial charge in [-0.3, -0.25) is 4.79 Å². The van der Waals surface area contributed by atoms with Crippen LogP contribution in [0.15, 0.2) is 23.1 Å². The summed E-state index contributed by atoms with van der Waals surface area (Å²) >= 11 is 0. The average Bonchev–Trinajstić information content (AvgIpc) is 2.82. The molecule has 0 saturated carbocycles. The Hall–Kier alpha value is -1.54. The van der Waals surface area contributed by atoms with E-state index in [1.165, 1.54) is 6.92 Å². The second kappa shape index (κ2) is 6.92. The maximum absolute atomic E-state index is 13.8. The minimum atomic E-state index is -4.07. The number of hydrogen-bond donors (Lipinski definition) is 1. The molecule has 2 rings (SSSR count). The number of rotatable bonds is 5. The van der Waals surface area contributed by atoms with Gasteiger partial charge in [0.15, 0.2) is 0 Å². The molecule has 1 amide bonds. The van der Waals surface area contributed by atoms with Gasteiger partial charge in [0.25, 0.3) is 0 Å². The maximum atomic E-state index is 13.8. The highest BCUT2D eigenvalue weighted by Gasteiger charge is 2.40. The molecule has 1 aliphatic heterocycles. The van der Waals surface area contributed by atoms with Crippen LogP contribution in [0.3, 0.4) is 0 Å². The van der Waals surface area contributed by atoms with Crippen molar-refractivity contribution in [2.75, 3.05) is 13.1 Å². The molecule has 0 radical (unpaired) electrons. The fourth-order valence-electron chi connectivity index (χ4n) is 2.94. The van der Waals surface area contributed by atoms with Gasteiger partial charge in [0.05, 0.1) is 0 Å². The standard InChI is InChI=1S/C15H20F2N2O3S/c1-3-4-11-8-19(9-14(11)18-10(2)20)23(21,22)15-6-5-12(16)7-13(15)17/h5-7,11,14H,3-4,8-9H2,1-2H3,(H,18,20)/t11-,14-/m0/s1. The van der Waals surface area contributed by atoms with Crippen LogP contribution in [0.1, 0.15) is 26.7 Å². The van der Waals surface area contributed by atoms with Gasteiger partial charge in [0.2, 0.25) is 15.9 Å². The second-order valence-electron chi connectivity index (χ2n) is 5.75. The van der Waals surface area contributed by atoms with Gasteiger partial charge in [0.1, 0.15) is 16.5 Å². The third-order valence-corrected chi connectivity index (χ3v) is 5.83. The van der Waals surface area contributed by atoms with E-state index < -0.39 is 26.6 Å². The maximum Gasteiger partial charge on any atom is 0.246 e. The molecule has 1 heterocycles. The van der Waals surface area contributed by atoms with Crippen LogP contribution in [0.5, 0.6) is 0 Å². The molecule has 0 aliphatic carbocycles. The van der Waals surface area contributed by atoms with E-state index in [1.54, 1.807) is 0 Å². The highest BCUT2D eigenvalue weighted by atomic mass is 32.2. The van der Waals surface area contributed by atoms with Gasteiger partial charge in [0, 0.05) is 32.1 Å². The van der Waals surface area contributed by atoms with Gasteiger partial charge in [-0.2, -0.15) is 4.31 Å². The zero-order valence-electron chi connectivity index (χ0n) is 13.1. The number of sulfonamides is 1. The largest absolute Gasteiger partial charge is 0.352 e. The van der Waals surface area contributed by atoms with Crippen molar-refractivity contribution in [1.82, 2.24) is 9.62 Å². The van der Waals surface area contributed by atoms with E-state index in [1.807, 2.05) is 6.92 Å². The number of amides is 1. The molecule has 1 N–H and O–H groups in total. The van der Waals surface area contributed by atoms with Crippen molar-refractivity contribution in [2.45, 2.75) is 37.6 Å². The summed E-state index contributed by atoms with van der Waals surface area (Å²) in [7, 11) is -4.07. The van der Waals surface area contributed by atoms with Crippen molar-refractivity contribution >= 4 is 15.9 Å². The minimum absolute atomic E-state index is 0.0258. The highest BCUT2D eigenvalue weighted by molar-refractivity contribution is 7.89. The van der Waals surface area contributed by atoms with Crippen molar-refractivity contribution in [3.8, 4) is 0 Å². The number of nitrogens with zero attached hydrogens (tertiary/aromatic N) is 1. The first-order chi connectivity index (χ1) is 10.8. The van der Waals surface area contributed by atoms with E-state index in [0.717, 1.165) is 29.3 Å². The van der Waals surface area contributed by atoms with Gasteiger partial charge in [-0.25, -0.2) is 17.2 Å². The van der Waals surface area contributed by atoms with Crippen molar-refractivity contribution in [2.24, 2.45) is 5.92 Å². The Bertz CT molecular complexity index is 694. The topological polar surface area (TPSA) is 66.5 Å². The molecule has 0 bridgehead atoms. The molecule has 23 heavy (non-hydrogen) atoms. The Morgan fingerprint density at radius 2 is 2.04 bits per heavy atom. The van der Waals surface area contributed by atoms with Crippen molar-refractivity contribution in [3.63, 3.8) is 0 Å². The number of nitrogens with one attached hydrogen (secondary N) is 1. The third-order valence-electron chi connectivity index (χ3n) is 3.97. The average molecular weight is 346 g/mol. The van der Waals surface area contributed by atoms with Crippen LogP contribution in [-0.2, 0) is 14.8 Å². The molecule has 8 heteroatoms. The lowest BCUT2D eigenvalue weighted by Crippen LogP contribution is -2.39. The Balaban J connectivity index is 2.28. The quantitative estimate of drug-likeness (QED) is 0.885. The fourth-order valence-corrected chi connectivity index (χ4v) is 4.51. The van der Waals surface area contributed by atoms with E-state index in [-0.39, 0.29) is 31.0 Å². The van der Waals surface area contributed by atoms with Gasteiger partial charge in [-0.1, -0.05) is 13.3 Å². The van der Waals surface area contributed by atoms with Crippen molar-refractivity contribution < 1.29 is 22.0 Å². The summed E-state index contributed by atoms with van der Waals surface area (Å²) < 4.78 is 53.2. The summed E-state index contributed by atoms with van der Waals surface area (Å²) in [4.78, 5) is 10.7. The first-order valence-corrected chi connectivity index (χ1v) is 8.92. The molecule has 1 aromatic rings. The molecule has 0 spiro atoms. The number of hydrogen-bond acceptors (Lipinski definition) is 3. The fraction of sp³-hybridized carbons (Fsp3) is 0.533. The van der Waals surface area contributed by atoms with Gasteiger partial charge >= 0.3 is 0 Å². The predicted molar refractivity (Wildman–Crippen MR) is 81.1 cm³/mol. The normalized spacial score (nSPS) is 22.3. The zero-order chi connectivity index (χ0) is 17.2. The lowest BCUT2D eigenvalue weighted by molar-refractivity contribution is -0.119. The molecule has 1 aromatic carbocycles. The summed E-state index contributed by atoms with van der Waals surface area (Å²) in [6.07, 6.45) is 1.60. The van der Waals surface area contributed by atoms with Crippen LogP contribution in [-0.4, -0.2) is 37.8 Å². The lowest BCUT2D eigenvalue weighted by Gasteiger charge is -2.18. The number of halogens is 2. The van der Waals surface area contributed by atoms with Crippen molar-refractivity contribution in [1.29, 1.82) is 0 Å². The first-order valence-electron chi connectivity index (χ1n) is 7.48. The van der Waals surface area contributed by atoms with Gasteiger partial charge < -0.3 is 5.32 Å². The highest BCUT2D eigenvalue weighted by Crippen LogP contribution is 2.28. The summed E-state index contributed by atoms with van der Waals surface area (Å²) in [6, 6.07) is 2.10. The summed E-state index contributed by atoms with van der Waals surface area (Å²) in [5.41, 5.74) is 0. The van der Waals surface area contributed by atoms with E-state index in [4.69, 9.17) is 0 Å². The Labute approximate surface area is 134 Å². The minimum Gasteiger partial charge on any atom is -0.352 e. The number of carbonyl (C=O) groups excluding carboxylic acids is 1. The zero-order valence-corrected chi connectivity index (χ0v) is 13.9. The molecule has 5 nitrogen and oxygen atoms in total. The molecule has 2 atom stereocenters. The number of benzene rings is 1. The van der Waals surface area contributed by atoms with Crippen LogP contribution in [0.4, 0.5) is 8.78 Å². The Morgan fingerprint density at radius 1 is 1.35 bits per heavy atom. The second-order valence-corrected chi connectivity index (χ2v) is 7.66. The van der Waals surface area contributed by atoms with Crippen LogP contribution in [0, 0.1) is 17.6 Å². The molecule has 128 valence electrons. The van der Waals surface area contributed by atoms with E-state index in [0.29, 0.717) is 6.07 Å². The monoisotopic (exact) mass is 346 g/mol. The lowest BCUT2D eigenvalue weighted by atomic mass is 9.98. The Kier molecular flexibility index (Phi) is 5.36. The van der Waals surface area contributed by atoms with E-state index >= 15 is 0 Å². The molecule has 1 aliphatic rings. The molecular weight excluding hydrogens is 326 g/mol. The van der Waals surface area contributed by atoms with Crippen LogP contribution >= 0.6 is 0 Å². The van der Waals surface area contributed by atoms with Gasteiger partial charge in [-0.15, -0.1) is 0 Å². The van der Waals surface area contributed by atoms with Gasteiger partial charge in [-0.05, 0) is 24.5 Å². The number of carbonyl (C=O) groups is 1. The molecule has 0 unspecified atom stereocenters. The molecule has 1 fully saturated rings. The van der Waals surface area contributed by atoms with Crippen LogP contribution in [0.2, 0.25) is 0 Å². The third kappa shape index (κ3) is 3.87. The van der Waals surface area contributed by atoms with E-state index in [9.17, 15) is 22.0 Å². The Morgan fingerprint density at radius 3 is 2.61 bits per heavy atom. The molecular formula is C15H20F2N2O3S. The van der Waals surface area contributed by atoms with Crippen LogP contribution < -0.4 is 5.32 Å². The smallest absolute Gasteiger partial charge is 0.246 e. The molecule has 1 saturated heterocycles. The predicted octanol–water partition coefficient (Wildman–Crippen LogP) is 1.89. The van der Waals surface area contributed by atoms with E-state index in [2.05, 4.69) is 5.32 Å². The molecule has 0 aromatic heterocycles. The van der Waals surface area contributed by atoms with Crippen molar-refractivity contribution in [3.05, 3.63) is 29.8 Å². The SMILES string of the molecule is CCC[C@H]1CN(S(=O)(=O)c2ccc(F)cc2F)C[C@@H]1NC(C)=O. The first kappa shape index (κ1) is 17.8. The van der Waals surface area contributed by atoms with Crippen LogP contribution in [0.25, 0.3) is 0 Å². The summed E-state index contributed by atoms with van der Waals surface area (Å²) in [5, 5.41) is 2.76.